The number of thioether (sulfide) groups is 1. The highest BCUT2D eigenvalue weighted by Crippen LogP contribution is 2.22. The number of benzene rings is 2. The number of aromatic nitrogens is 1. The summed E-state index contributed by atoms with van der Waals surface area (Å²) in [4.78, 5) is 16.7. The van der Waals surface area contributed by atoms with E-state index in [0.29, 0.717) is 23.5 Å². The van der Waals surface area contributed by atoms with Crippen LogP contribution < -0.4 is 9.62 Å². The molecule has 0 saturated carbocycles. The number of rotatable bonds is 8. The van der Waals surface area contributed by atoms with Gasteiger partial charge in [-0.3, -0.25) is 9.10 Å². The van der Waals surface area contributed by atoms with E-state index >= 15 is 0 Å². The second kappa shape index (κ2) is 9.58. The molecular formula is C21H21N3O3S2. The van der Waals surface area contributed by atoms with Crippen LogP contribution in [-0.2, 0) is 10.0 Å². The molecule has 8 heteroatoms. The van der Waals surface area contributed by atoms with Crippen LogP contribution >= 0.6 is 11.8 Å². The van der Waals surface area contributed by atoms with Gasteiger partial charge in [0.2, 0.25) is 0 Å². The van der Waals surface area contributed by atoms with Gasteiger partial charge in [-0.2, -0.15) is 0 Å². The number of hydrogen-bond donors (Lipinski definition) is 1. The van der Waals surface area contributed by atoms with Gasteiger partial charge in [0.05, 0.1) is 15.6 Å². The molecule has 6 nitrogen and oxygen atoms in total. The number of pyridine rings is 1. The van der Waals surface area contributed by atoms with Crippen LogP contribution in [0.2, 0.25) is 0 Å². The summed E-state index contributed by atoms with van der Waals surface area (Å²) in [5, 5.41) is 3.77. The third-order valence-corrected chi connectivity index (χ3v) is 6.92. The highest BCUT2D eigenvalue weighted by atomic mass is 32.2. The molecule has 3 rings (SSSR count). The molecule has 1 heterocycles. The van der Waals surface area contributed by atoms with E-state index in [0.717, 1.165) is 5.03 Å². The average molecular weight is 428 g/mol. The van der Waals surface area contributed by atoms with Crippen molar-refractivity contribution in [1.82, 2.24) is 10.3 Å². The molecular weight excluding hydrogens is 406 g/mol. The summed E-state index contributed by atoms with van der Waals surface area (Å²) in [5.74, 6) is 0.505. The minimum absolute atomic E-state index is 0.202. The fourth-order valence-electron chi connectivity index (χ4n) is 2.57. The monoisotopic (exact) mass is 427 g/mol. The largest absolute Gasteiger partial charge is 0.351 e. The van der Waals surface area contributed by atoms with Crippen LogP contribution in [0.4, 0.5) is 5.69 Å². The number of hydrogen-bond acceptors (Lipinski definition) is 5. The van der Waals surface area contributed by atoms with Crippen LogP contribution in [0.3, 0.4) is 0 Å². The van der Waals surface area contributed by atoms with E-state index in [2.05, 4.69) is 10.3 Å². The molecule has 1 aromatic heterocycles. The van der Waals surface area contributed by atoms with E-state index in [1.807, 2.05) is 18.2 Å². The van der Waals surface area contributed by atoms with Gasteiger partial charge in [0.25, 0.3) is 15.9 Å². The highest BCUT2D eigenvalue weighted by Gasteiger charge is 2.21. The first-order valence-electron chi connectivity index (χ1n) is 8.94. The molecule has 0 aliphatic heterocycles. The van der Waals surface area contributed by atoms with Crippen molar-refractivity contribution in [2.45, 2.75) is 9.92 Å². The highest BCUT2D eigenvalue weighted by molar-refractivity contribution is 7.99. The minimum Gasteiger partial charge on any atom is -0.351 e. The Morgan fingerprint density at radius 3 is 2.34 bits per heavy atom. The Morgan fingerprint density at radius 2 is 1.69 bits per heavy atom. The first-order valence-corrected chi connectivity index (χ1v) is 11.4. The van der Waals surface area contributed by atoms with Gasteiger partial charge in [0, 0.05) is 31.1 Å². The van der Waals surface area contributed by atoms with Crippen molar-refractivity contribution >= 4 is 33.4 Å². The van der Waals surface area contributed by atoms with Gasteiger partial charge in [0.15, 0.2) is 0 Å². The van der Waals surface area contributed by atoms with E-state index in [9.17, 15) is 13.2 Å². The fraction of sp³-hybridized carbons (Fsp3) is 0.143. The van der Waals surface area contributed by atoms with Crippen molar-refractivity contribution in [1.29, 1.82) is 0 Å². The number of amides is 1. The normalized spacial score (nSPS) is 11.1. The van der Waals surface area contributed by atoms with Crippen molar-refractivity contribution in [3.05, 3.63) is 84.6 Å². The van der Waals surface area contributed by atoms with Gasteiger partial charge in [-0.05, 0) is 48.5 Å². The average Bonchev–Trinajstić information content (AvgIpc) is 2.77. The third-order valence-electron chi connectivity index (χ3n) is 4.17. The zero-order valence-electron chi connectivity index (χ0n) is 15.9. The van der Waals surface area contributed by atoms with E-state index in [1.165, 1.54) is 11.4 Å². The standard InChI is InChI=1S/C21H21N3O3S2/c1-24(29(26,27)19-7-3-2-4-8-19)18-12-10-17(11-13-18)21(25)23-15-16-28-20-9-5-6-14-22-20/h2-14H,15-16H2,1H3,(H,23,25). The Labute approximate surface area is 175 Å². The smallest absolute Gasteiger partial charge is 0.264 e. The Balaban J connectivity index is 1.57. The molecule has 0 spiro atoms. The van der Waals surface area contributed by atoms with Crippen molar-refractivity contribution in [3.8, 4) is 0 Å². The summed E-state index contributed by atoms with van der Waals surface area (Å²) in [5.41, 5.74) is 0.957. The quantitative estimate of drug-likeness (QED) is 0.440. The lowest BCUT2D eigenvalue weighted by Gasteiger charge is -2.19. The number of carbonyl (C=O) groups excluding carboxylic acids is 1. The maximum Gasteiger partial charge on any atom is 0.264 e. The zero-order chi connectivity index (χ0) is 20.7. The predicted octanol–water partition coefficient (Wildman–Crippen LogP) is 3.43. The second-order valence-electron chi connectivity index (χ2n) is 6.10. The van der Waals surface area contributed by atoms with Gasteiger partial charge >= 0.3 is 0 Å². The third kappa shape index (κ3) is 5.36. The fourth-order valence-corrected chi connectivity index (χ4v) is 4.51. The van der Waals surface area contributed by atoms with Crippen molar-refractivity contribution in [2.75, 3.05) is 23.7 Å². The van der Waals surface area contributed by atoms with Gasteiger partial charge in [0.1, 0.15) is 0 Å². The lowest BCUT2D eigenvalue weighted by molar-refractivity contribution is 0.0956. The van der Waals surface area contributed by atoms with E-state index in [1.54, 1.807) is 72.6 Å². The summed E-state index contributed by atoms with van der Waals surface area (Å²) in [6.07, 6.45) is 1.73. The summed E-state index contributed by atoms with van der Waals surface area (Å²) in [7, 11) is -2.15. The molecule has 29 heavy (non-hydrogen) atoms. The molecule has 2 aromatic carbocycles. The van der Waals surface area contributed by atoms with Gasteiger partial charge in [-0.25, -0.2) is 13.4 Å². The first-order chi connectivity index (χ1) is 14.0. The molecule has 0 radical (unpaired) electrons. The summed E-state index contributed by atoms with van der Waals surface area (Å²) >= 11 is 1.57. The van der Waals surface area contributed by atoms with Crippen molar-refractivity contribution in [3.63, 3.8) is 0 Å². The Morgan fingerprint density at radius 1 is 1.00 bits per heavy atom. The Kier molecular flexibility index (Phi) is 6.90. The van der Waals surface area contributed by atoms with Crippen LogP contribution in [0.25, 0.3) is 0 Å². The van der Waals surface area contributed by atoms with Crippen LogP contribution in [0, 0.1) is 0 Å². The summed E-state index contributed by atoms with van der Waals surface area (Å²) in [6.45, 7) is 0.504. The molecule has 0 unspecified atom stereocenters. The molecule has 0 saturated heterocycles. The number of nitrogens with zero attached hydrogens (tertiary/aromatic N) is 2. The van der Waals surface area contributed by atoms with Crippen molar-refractivity contribution < 1.29 is 13.2 Å². The van der Waals surface area contributed by atoms with Gasteiger partial charge in [-0.15, -0.1) is 11.8 Å². The molecule has 3 aromatic rings. The van der Waals surface area contributed by atoms with Crippen molar-refractivity contribution in [2.24, 2.45) is 0 Å². The van der Waals surface area contributed by atoms with Crippen LogP contribution in [0.15, 0.2) is 88.9 Å². The first kappa shape index (κ1) is 20.9. The Hall–Kier alpha value is -2.84. The maximum atomic E-state index is 12.7. The molecule has 0 aliphatic carbocycles. The Bertz CT molecular complexity index is 1040. The summed E-state index contributed by atoms with van der Waals surface area (Å²) in [6, 6.07) is 20.4. The molecule has 0 fully saturated rings. The SMILES string of the molecule is CN(c1ccc(C(=O)NCCSc2ccccn2)cc1)S(=O)(=O)c1ccccc1. The van der Waals surface area contributed by atoms with E-state index in [-0.39, 0.29) is 10.8 Å². The zero-order valence-corrected chi connectivity index (χ0v) is 17.5. The number of anilines is 1. The van der Waals surface area contributed by atoms with Crippen LogP contribution in [-0.4, -0.2) is 38.7 Å². The molecule has 0 bridgehead atoms. The lowest BCUT2D eigenvalue weighted by Crippen LogP contribution is -2.27. The molecule has 1 N–H and O–H groups in total. The van der Waals surface area contributed by atoms with E-state index in [4.69, 9.17) is 0 Å². The predicted molar refractivity (Wildman–Crippen MR) is 116 cm³/mol. The van der Waals surface area contributed by atoms with Crippen LogP contribution in [0.1, 0.15) is 10.4 Å². The number of nitrogens with one attached hydrogen (secondary N) is 1. The van der Waals surface area contributed by atoms with Gasteiger partial charge in [-0.1, -0.05) is 24.3 Å². The molecule has 150 valence electrons. The minimum atomic E-state index is -3.64. The summed E-state index contributed by atoms with van der Waals surface area (Å²) < 4.78 is 26.6. The van der Waals surface area contributed by atoms with Crippen LogP contribution in [0.5, 0.6) is 0 Å². The molecule has 0 atom stereocenters. The molecule has 1 amide bonds. The number of carbonyl (C=O) groups is 1. The second-order valence-corrected chi connectivity index (χ2v) is 9.19. The number of sulfonamides is 1. The van der Waals surface area contributed by atoms with E-state index < -0.39 is 10.0 Å². The topological polar surface area (TPSA) is 79.4 Å². The maximum absolute atomic E-state index is 12.7. The lowest BCUT2D eigenvalue weighted by atomic mass is 10.2. The molecule has 0 aliphatic rings. The van der Waals surface area contributed by atoms with Gasteiger partial charge < -0.3 is 5.32 Å².